The Kier molecular flexibility index (Phi) is 4.11. The molecule has 0 fully saturated rings. The lowest BCUT2D eigenvalue weighted by molar-refractivity contribution is -0.384. The van der Waals surface area contributed by atoms with Crippen LogP contribution in [0.2, 0.25) is 0 Å². The molecule has 0 radical (unpaired) electrons. The molecule has 0 saturated heterocycles. The number of benzene rings is 1. The number of furan rings is 1. The van der Waals surface area contributed by atoms with Crippen molar-refractivity contribution in [1.29, 1.82) is 5.26 Å². The second-order valence-electron chi connectivity index (χ2n) is 5.91. The highest BCUT2D eigenvalue weighted by Crippen LogP contribution is 2.40. The summed E-state index contributed by atoms with van der Waals surface area (Å²) in [5, 5.41) is 20.8. The number of nitriles is 1. The number of hydrogen-bond donors (Lipinski definition) is 0. The fourth-order valence-corrected chi connectivity index (χ4v) is 4.23. The van der Waals surface area contributed by atoms with Gasteiger partial charge in [0, 0.05) is 22.6 Å². The number of aryl methyl sites for hydroxylation is 1. The average Bonchev–Trinajstić information content (AvgIpc) is 3.35. The molecule has 0 unspecified atom stereocenters. The van der Waals surface area contributed by atoms with Gasteiger partial charge in [-0.2, -0.15) is 5.26 Å². The highest BCUT2D eigenvalue weighted by Gasteiger charge is 2.21. The maximum absolute atomic E-state index is 10.7. The molecule has 1 aliphatic carbocycles. The summed E-state index contributed by atoms with van der Waals surface area (Å²) < 4.78 is 5.75. The molecule has 0 atom stereocenters. The first kappa shape index (κ1) is 16.2. The normalized spacial score (nSPS) is 13.0. The zero-order valence-corrected chi connectivity index (χ0v) is 14.5. The molecule has 3 aromatic rings. The van der Waals surface area contributed by atoms with Gasteiger partial charge in [-0.05, 0) is 49.1 Å². The van der Waals surface area contributed by atoms with E-state index in [-0.39, 0.29) is 5.69 Å². The minimum Gasteiger partial charge on any atom is -0.455 e. The van der Waals surface area contributed by atoms with Gasteiger partial charge in [-0.3, -0.25) is 10.1 Å². The van der Waals surface area contributed by atoms with Crippen LogP contribution in [-0.2, 0) is 12.8 Å². The predicted octanol–water partition coefficient (Wildman–Crippen LogP) is 5.03. The predicted molar refractivity (Wildman–Crippen MR) is 99.1 cm³/mol. The summed E-state index contributed by atoms with van der Waals surface area (Å²) in [6, 6.07) is 12.0. The molecular weight excluding hydrogens is 350 g/mol. The van der Waals surface area contributed by atoms with Gasteiger partial charge in [0.05, 0.1) is 16.7 Å². The van der Waals surface area contributed by atoms with E-state index >= 15 is 0 Å². The smallest absolute Gasteiger partial charge is 0.269 e. The number of nitrogens with zero attached hydrogens (tertiary/aromatic N) is 3. The third-order valence-corrected chi connectivity index (χ3v) is 5.51. The number of hydrogen-bond acceptors (Lipinski definition) is 6. The van der Waals surface area contributed by atoms with Gasteiger partial charge < -0.3 is 4.42 Å². The monoisotopic (exact) mass is 363 g/mol. The zero-order chi connectivity index (χ0) is 18.1. The molecular formula is C19H13N3O3S. The first-order valence-corrected chi connectivity index (χ1v) is 8.90. The lowest BCUT2D eigenvalue weighted by Crippen LogP contribution is -1.86. The quantitative estimate of drug-likeness (QED) is 0.369. The van der Waals surface area contributed by atoms with Crippen molar-refractivity contribution in [2.75, 3.05) is 0 Å². The molecule has 0 N–H and O–H groups in total. The van der Waals surface area contributed by atoms with Crippen LogP contribution in [0.1, 0.15) is 28.2 Å². The van der Waals surface area contributed by atoms with Crippen LogP contribution in [-0.4, -0.2) is 11.1 Å². The van der Waals surface area contributed by atoms with Crippen molar-refractivity contribution in [3.8, 4) is 17.4 Å². The topological polar surface area (TPSA) is 92.4 Å². The summed E-state index contributed by atoms with van der Waals surface area (Å²) >= 11 is 1.57. The van der Waals surface area contributed by atoms with Gasteiger partial charge >= 0.3 is 0 Å². The van der Waals surface area contributed by atoms with Crippen molar-refractivity contribution in [1.82, 2.24) is 0 Å². The molecule has 1 aliphatic rings. The number of aliphatic imine (C=N–C) groups is 1. The molecule has 0 spiro atoms. The third-order valence-electron chi connectivity index (χ3n) is 4.31. The Morgan fingerprint density at radius 2 is 2.04 bits per heavy atom. The summed E-state index contributed by atoms with van der Waals surface area (Å²) in [5.41, 5.74) is 2.62. The van der Waals surface area contributed by atoms with Gasteiger partial charge in [-0.15, -0.1) is 11.3 Å². The van der Waals surface area contributed by atoms with Crippen LogP contribution in [0.4, 0.5) is 10.7 Å². The Hall–Kier alpha value is -3.24. The van der Waals surface area contributed by atoms with E-state index in [1.807, 2.05) is 0 Å². The number of thiophene rings is 1. The Balaban J connectivity index is 1.57. The zero-order valence-electron chi connectivity index (χ0n) is 13.6. The molecule has 0 saturated carbocycles. The van der Waals surface area contributed by atoms with Gasteiger partial charge in [0.1, 0.15) is 22.6 Å². The molecule has 128 valence electrons. The third kappa shape index (κ3) is 2.91. The molecule has 7 heteroatoms. The SMILES string of the molecule is N#Cc1c(N=Cc2ccc(-c3ccc([N+](=O)[O-])cc3)o2)sc2c1CCC2. The van der Waals surface area contributed by atoms with E-state index in [0.29, 0.717) is 17.1 Å². The van der Waals surface area contributed by atoms with E-state index in [2.05, 4.69) is 11.1 Å². The van der Waals surface area contributed by atoms with E-state index in [9.17, 15) is 15.4 Å². The first-order valence-electron chi connectivity index (χ1n) is 8.09. The van der Waals surface area contributed by atoms with Gasteiger partial charge in [0.2, 0.25) is 0 Å². The molecule has 0 amide bonds. The van der Waals surface area contributed by atoms with Crippen LogP contribution in [0.15, 0.2) is 45.8 Å². The van der Waals surface area contributed by atoms with Crippen LogP contribution < -0.4 is 0 Å². The Bertz CT molecular complexity index is 1050. The van der Waals surface area contributed by atoms with E-state index in [1.54, 1.807) is 41.8 Å². The lowest BCUT2D eigenvalue weighted by atomic mass is 10.1. The molecule has 2 aromatic heterocycles. The molecule has 0 bridgehead atoms. The Morgan fingerprint density at radius 3 is 2.77 bits per heavy atom. The Labute approximate surface area is 153 Å². The second-order valence-corrected chi connectivity index (χ2v) is 7.00. The highest BCUT2D eigenvalue weighted by atomic mass is 32.1. The summed E-state index contributed by atoms with van der Waals surface area (Å²) in [6.45, 7) is 0. The number of nitro groups is 1. The van der Waals surface area contributed by atoms with E-state index in [0.717, 1.165) is 35.4 Å². The molecule has 6 nitrogen and oxygen atoms in total. The fourth-order valence-electron chi connectivity index (χ4n) is 3.04. The van der Waals surface area contributed by atoms with Crippen molar-refractivity contribution in [2.24, 2.45) is 4.99 Å². The van der Waals surface area contributed by atoms with Crippen LogP contribution >= 0.6 is 11.3 Å². The van der Waals surface area contributed by atoms with Gasteiger partial charge in [-0.1, -0.05) is 0 Å². The summed E-state index contributed by atoms with van der Waals surface area (Å²) in [5.74, 6) is 1.17. The van der Waals surface area contributed by atoms with Crippen LogP contribution in [0.25, 0.3) is 11.3 Å². The Morgan fingerprint density at radius 1 is 1.23 bits per heavy atom. The van der Waals surface area contributed by atoms with Crippen molar-refractivity contribution in [2.45, 2.75) is 19.3 Å². The molecule has 2 heterocycles. The number of non-ortho nitro benzene ring substituents is 1. The number of rotatable bonds is 4. The van der Waals surface area contributed by atoms with E-state index < -0.39 is 4.92 Å². The molecule has 26 heavy (non-hydrogen) atoms. The maximum Gasteiger partial charge on any atom is 0.269 e. The summed E-state index contributed by atoms with van der Waals surface area (Å²) in [6.07, 6.45) is 4.69. The van der Waals surface area contributed by atoms with Crippen LogP contribution in [0, 0.1) is 21.4 Å². The number of nitro benzene ring substituents is 1. The molecule has 4 rings (SSSR count). The minimum absolute atomic E-state index is 0.0388. The summed E-state index contributed by atoms with van der Waals surface area (Å²) in [7, 11) is 0. The van der Waals surface area contributed by atoms with Gasteiger partial charge in [0.25, 0.3) is 5.69 Å². The van der Waals surface area contributed by atoms with Gasteiger partial charge in [0.15, 0.2) is 0 Å². The second kappa shape index (κ2) is 6.58. The average molecular weight is 363 g/mol. The fraction of sp³-hybridized carbons (Fsp3) is 0.158. The van der Waals surface area contributed by atoms with E-state index in [4.69, 9.17) is 4.42 Å². The van der Waals surface area contributed by atoms with Crippen LogP contribution in [0.5, 0.6) is 0 Å². The highest BCUT2D eigenvalue weighted by molar-refractivity contribution is 7.16. The van der Waals surface area contributed by atoms with Gasteiger partial charge in [-0.25, -0.2) is 4.99 Å². The maximum atomic E-state index is 10.7. The minimum atomic E-state index is -0.435. The largest absolute Gasteiger partial charge is 0.455 e. The van der Waals surface area contributed by atoms with Crippen molar-refractivity contribution in [3.63, 3.8) is 0 Å². The summed E-state index contributed by atoms with van der Waals surface area (Å²) in [4.78, 5) is 16.0. The van der Waals surface area contributed by atoms with Crippen LogP contribution in [0.3, 0.4) is 0 Å². The van der Waals surface area contributed by atoms with Crippen molar-refractivity contribution < 1.29 is 9.34 Å². The molecule has 1 aromatic carbocycles. The molecule has 0 aliphatic heterocycles. The lowest BCUT2D eigenvalue weighted by Gasteiger charge is -1.96. The van der Waals surface area contributed by atoms with E-state index in [1.165, 1.54) is 17.0 Å². The standard InChI is InChI=1S/C19H13N3O3S/c20-10-16-15-2-1-3-18(15)26-19(16)21-11-14-8-9-17(25-14)12-4-6-13(7-5-12)22(23)24/h4-9,11H,1-3H2. The van der Waals surface area contributed by atoms with Crippen molar-refractivity contribution >= 4 is 28.2 Å². The first-order chi connectivity index (χ1) is 12.7. The number of fused-ring (bicyclic) bond motifs is 1. The van der Waals surface area contributed by atoms with Crippen molar-refractivity contribution in [3.05, 3.63) is 68.3 Å².